The normalized spacial score (nSPS) is 17.0. The number of benzene rings is 4. The smallest absolute Gasteiger partial charge is 0.416 e. The summed E-state index contributed by atoms with van der Waals surface area (Å²) >= 11 is 2.69. The Hall–Kier alpha value is -3.64. The summed E-state index contributed by atoms with van der Waals surface area (Å²) in [5.41, 5.74) is 2.70. The molecule has 2 atom stereocenters. The van der Waals surface area contributed by atoms with Gasteiger partial charge in [-0.1, -0.05) is 116 Å². The lowest BCUT2D eigenvalue weighted by Gasteiger charge is -2.29. The van der Waals surface area contributed by atoms with Crippen LogP contribution in [0.1, 0.15) is 148 Å². The van der Waals surface area contributed by atoms with Crippen LogP contribution in [0.4, 0.5) is 37.7 Å². The van der Waals surface area contributed by atoms with Crippen LogP contribution < -0.4 is 10.6 Å². The molecule has 4 nitrogen and oxygen atoms in total. The van der Waals surface area contributed by atoms with Crippen LogP contribution >= 0.6 is 23.5 Å². The van der Waals surface area contributed by atoms with Gasteiger partial charge in [0.2, 0.25) is 0 Å². The third-order valence-electron chi connectivity index (χ3n) is 11.4. The second-order valence-corrected chi connectivity index (χ2v) is 19.0. The lowest BCUT2D eigenvalue weighted by Crippen LogP contribution is -2.19. The molecule has 0 saturated heterocycles. The molecule has 0 aliphatic carbocycles. The van der Waals surface area contributed by atoms with Crippen molar-refractivity contribution in [3.63, 3.8) is 0 Å². The van der Waals surface area contributed by atoms with Crippen LogP contribution in [0.3, 0.4) is 0 Å². The molecule has 4 N–H and O–H groups in total. The number of hydrogen-bond donors (Lipinski definition) is 4. The number of halogens is 6. The largest absolute Gasteiger partial charge is 0.507 e. The first-order valence-corrected chi connectivity index (χ1v) is 21.5. The maximum Gasteiger partial charge on any atom is 0.416 e. The summed E-state index contributed by atoms with van der Waals surface area (Å²) in [6, 6.07) is 15.1. The minimum Gasteiger partial charge on any atom is -0.507 e. The van der Waals surface area contributed by atoms with E-state index in [2.05, 4.69) is 52.2 Å². The molecule has 0 saturated carbocycles. The van der Waals surface area contributed by atoms with E-state index >= 15 is 0 Å². The standard InChI is InChI=1S/C45H52F6N2O2S2/c1-7-9-11-17-42(3,4)30-20-26(38(54)32(22-30)40-52-34-24-28(44(46,47)48)13-15-36(34)56-40)19-27-21-31(43(5,6)18-12-10-8-2)23-33(39(27)55)41-53-35-25-29(45(49,50)51)14-16-37(35)57-41/h13-16,20-25,40-41,52-55H,7-12,17-19H2,1-6H3. The number of unbranched alkanes of at least 4 members (excludes halogenated alkanes) is 4. The summed E-state index contributed by atoms with van der Waals surface area (Å²) < 4.78 is 81.8. The van der Waals surface area contributed by atoms with E-state index in [-0.39, 0.29) is 28.7 Å². The van der Waals surface area contributed by atoms with Gasteiger partial charge in [0, 0.05) is 38.7 Å². The molecule has 0 aromatic heterocycles. The number of alkyl halides is 6. The van der Waals surface area contributed by atoms with Crippen molar-refractivity contribution in [3.8, 4) is 11.5 Å². The molecule has 2 unspecified atom stereocenters. The highest BCUT2D eigenvalue weighted by Gasteiger charge is 2.37. The maximum absolute atomic E-state index is 13.6. The van der Waals surface area contributed by atoms with E-state index in [9.17, 15) is 36.6 Å². The highest BCUT2D eigenvalue weighted by molar-refractivity contribution is 8.00. The van der Waals surface area contributed by atoms with Crippen molar-refractivity contribution in [2.75, 3.05) is 10.6 Å². The first-order valence-electron chi connectivity index (χ1n) is 19.7. The van der Waals surface area contributed by atoms with Gasteiger partial charge in [-0.05, 0) is 94.5 Å². The van der Waals surface area contributed by atoms with Crippen LogP contribution in [-0.2, 0) is 29.6 Å². The molecule has 0 spiro atoms. The molecule has 0 amide bonds. The highest BCUT2D eigenvalue weighted by Crippen LogP contribution is 2.54. The predicted molar refractivity (Wildman–Crippen MR) is 221 cm³/mol. The van der Waals surface area contributed by atoms with Gasteiger partial charge in [0.25, 0.3) is 0 Å². The molecule has 0 bridgehead atoms. The second kappa shape index (κ2) is 16.5. The van der Waals surface area contributed by atoms with E-state index in [1.54, 1.807) is 0 Å². The molecule has 4 aromatic rings. The Balaban J connectivity index is 1.43. The Kier molecular flexibility index (Phi) is 12.5. The van der Waals surface area contributed by atoms with Crippen molar-refractivity contribution < 1.29 is 36.6 Å². The zero-order valence-corrected chi connectivity index (χ0v) is 34.9. The predicted octanol–water partition coefficient (Wildman–Crippen LogP) is 14.9. The van der Waals surface area contributed by atoms with Crippen molar-refractivity contribution in [1.29, 1.82) is 0 Å². The summed E-state index contributed by atoms with van der Waals surface area (Å²) in [4.78, 5) is 1.29. The number of thioether (sulfide) groups is 2. The lowest BCUT2D eigenvalue weighted by molar-refractivity contribution is -0.138. The van der Waals surface area contributed by atoms with Crippen molar-refractivity contribution in [1.82, 2.24) is 0 Å². The van der Waals surface area contributed by atoms with Gasteiger partial charge in [-0.15, -0.1) is 0 Å². The molecule has 2 aliphatic heterocycles. The SMILES string of the molecule is CCCCCC(C)(C)c1cc(Cc2cc(C(C)(C)CCCCC)cc(C3Nc4cc(C(F)(F)F)ccc4S3)c2O)c(O)c(C2Nc3cc(C(F)(F)F)ccc3S2)c1. The Morgan fingerprint density at radius 1 is 0.544 bits per heavy atom. The lowest BCUT2D eigenvalue weighted by atomic mass is 9.77. The maximum atomic E-state index is 13.6. The number of nitrogens with one attached hydrogen (secondary N) is 2. The van der Waals surface area contributed by atoms with Gasteiger partial charge in [0.05, 0.1) is 11.1 Å². The molecule has 2 aliphatic rings. The zero-order valence-electron chi connectivity index (χ0n) is 33.3. The molecule has 2 heterocycles. The van der Waals surface area contributed by atoms with Crippen LogP contribution in [-0.4, -0.2) is 10.2 Å². The molecule has 12 heteroatoms. The quantitative estimate of drug-likeness (QED) is 0.0750. The number of fused-ring (bicyclic) bond motifs is 2. The Morgan fingerprint density at radius 2 is 0.930 bits per heavy atom. The van der Waals surface area contributed by atoms with E-state index in [1.807, 2.05) is 24.3 Å². The van der Waals surface area contributed by atoms with Gasteiger partial charge in [0.15, 0.2) is 0 Å². The minimum atomic E-state index is -4.50. The number of aromatic hydroxyl groups is 2. The van der Waals surface area contributed by atoms with E-state index in [4.69, 9.17) is 0 Å². The molecule has 4 aromatic carbocycles. The van der Waals surface area contributed by atoms with Gasteiger partial charge in [-0.2, -0.15) is 26.3 Å². The van der Waals surface area contributed by atoms with Crippen LogP contribution in [0.5, 0.6) is 11.5 Å². The third kappa shape index (κ3) is 9.48. The topological polar surface area (TPSA) is 64.5 Å². The molecular formula is C45H52F6N2O2S2. The fourth-order valence-corrected chi connectivity index (χ4v) is 10.0. The van der Waals surface area contributed by atoms with Gasteiger partial charge in [-0.25, -0.2) is 0 Å². The van der Waals surface area contributed by atoms with E-state index in [0.717, 1.165) is 86.8 Å². The Labute approximate surface area is 340 Å². The zero-order chi connectivity index (χ0) is 41.5. The molecular weight excluding hydrogens is 779 g/mol. The van der Waals surface area contributed by atoms with Gasteiger partial charge >= 0.3 is 12.4 Å². The van der Waals surface area contributed by atoms with Crippen molar-refractivity contribution in [2.24, 2.45) is 0 Å². The number of anilines is 2. The average Bonchev–Trinajstić information content (AvgIpc) is 3.76. The summed E-state index contributed by atoms with van der Waals surface area (Å²) in [6.45, 7) is 12.9. The van der Waals surface area contributed by atoms with Gasteiger partial charge in [0.1, 0.15) is 22.2 Å². The number of hydrogen-bond acceptors (Lipinski definition) is 6. The summed E-state index contributed by atoms with van der Waals surface area (Å²) in [7, 11) is 0. The van der Waals surface area contributed by atoms with Crippen LogP contribution in [0, 0.1) is 0 Å². The Bertz CT molecular complexity index is 1950. The second-order valence-electron chi connectivity index (χ2n) is 16.7. The minimum absolute atomic E-state index is 0.00836. The fourth-order valence-electron chi connectivity index (χ4n) is 7.74. The molecule has 6 rings (SSSR count). The fraction of sp³-hybridized carbons (Fsp3) is 0.467. The van der Waals surface area contributed by atoms with Crippen molar-refractivity contribution >= 4 is 34.9 Å². The molecule has 0 radical (unpaired) electrons. The summed E-state index contributed by atoms with van der Waals surface area (Å²) in [5.74, 6) is -0.0167. The van der Waals surface area contributed by atoms with E-state index < -0.39 is 34.2 Å². The van der Waals surface area contributed by atoms with Crippen molar-refractivity contribution in [3.05, 3.63) is 105 Å². The van der Waals surface area contributed by atoms with E-state index in [1.165, 1.54) is 35.7 Å². The average molecular weight is 831 g/mol. The van der Waals surface area contributed by atoms with Crippen LogP contribution in [0.15, 0.2) is 70.5 Å². The third-order valence-corrected chi connectivity index (χ3v) is 13.9. The number of phenols is 2. The first-order chi connectivity index (χ1) is 26.7. The monoisotopic (exact) mass is 830 g/mol. The van der Waals surface area contributed by atoms with Crippen molar-refractivity contribution in [2.45, 2.75) is 143 Å². The van der Waals surface area contributed by atoms with Gasteiger partial charge in [-0.3, -0.25) is 0 Å². The highest BCUT2D eigenvalue weighted by atomic mass is 32.2. The first kappa shape index (κ1) is 43.0. The van der Waals surface area contributed by atoms with Crippen LogP contribution in [0.25, 0.3) is 0 Å². The van der Waals surface area contributed by atoms with E-state index in [0.29, 0.717) is 43.4 Å². The number of rotatable bonds is 14. The number of phenolic OH excluding ortho intramolecular Hbond substituents is 2. The summed E-state index contributed by atoms with van der Waals surface area (Å²) in [6.07, 6.45) is -0.890. The Morgan fingerprint density at radius 3 is 1.28 bits per heavy atom. The van der Waals surface area contributed by atoms with Crippen LogP contribution in [0.2, 0.25) is 0 Å². The van der Waals surface area contributed by atoms with Gasteiger partial charge < -0.3 is 20.8 Å². The molecule has 308 valence electrons. The summed E-state index contributed by atoms with van der Waals surface area (Å²) in [5, 5.41) is 29.5. The molecule has 57 heavy (non-hydrogen) atoms. The molecule has 0 fully saturated rings.